The maximum atomic E-state index is 12.5. The Morgan fingerprint density at radius 2 is 1.79 bits per heavy atom. The van der Waals surface area contributed by atoms with E-state index in [1.165, 1.54) is 22.8 Å². The van der Waals surface area contributed by atoms with Crippen LogP contribution in [0.4, 0.5) is 0 Å². The first-order valence-corrected chi connectivity index (χ1v) is 9.02. The van der Waals surface area contributed by atoms with Crippen LogP contribution >= 0.6 is 0 Å². The van der Waals surface area contributed by atoms with Gasteiger partial charge in [0.15, 0.2) is 0 Å². The number of nitrogens with one attached hydrogen (secondary N) is 1. The standard InChI is InChI=1S/C21H28N2O/c1-15-11-16(2)13-23(12-15)14-21(24)22-17(3)19-10-6-8-18-7-4-5-9-20(18)19/h4-10,15-17H,11-14H2,1-3H3,(H,22,24)/t15-,16-,17-/m0/s1. The molecular formula is C21H28N2O. The summed E-state index contributed by atoms with van der Waals surface area (Å²) in [5.74, 6) is 1.48. The molecule has 3 heteroatoms. The van der Waals surface area contributed by atoms with Crippen LogP contribution < -0.4 is 5.32 Å². The second-order valence-corrected chi connectivity index (χ2v) is 7.50. The van der Waals surface area contributed by atoms with Crippen molar-refractivity contribution in [2.24, 2.45) is 11.8 Å². The van der Waals surface area contributed by atoms with Crippen molar-refractivity contribution in [2.45, 2.75) is 33.2 Å². The minimum Gasteiger partial charge on any atom is -0.348 e. The fourth-order valence-corrected chi connectivity index (χ4v) is 4.12. The van der Waals surface area contributed by atoms with Gasteiger partial charge in [0.2, 0.25) is 5.91 Å². The van der Waals surface area contributed by atoms with E-state index in [1.807, 2.05) is 6.07 Å². The zero-order valence-electron chi connectivity index (χ0n) is 15.0. The molecule has 3 rings (SSSR count). The minimum absolute atomic E-state index is 0.0169. The van der Waals surface area contributed by atoms with Crippen LogP contribution in [0.3, 0.4) is 0 Å². The molecule has 0 saturated carbocycles. The van der Waals surface area contributed by atoms with Crippen LogP contribution in [0.1, 0.15) is 38.8 Å². The Kier molecular flexibility index (Phi) is 5.20. The fourth-order valence-electron chi connectivity index (χ4n) is 4.12. The van der Waals surface area contributed by atoms with Crippen molar-refractivity contribution < 1.29 is 4.79 Å². The van der Waals surface area contributed by atoms with Crippen molar-refractivity contribution >= 4 is 16.7 Å². The van der Waals surface area contributed by atoms with Crippen molar-refractivity contribution in [3.8, 4) is 0 Å². The molecule has 2 aromatic carbocycles. The Hall–Kier alpha value is -1.87. The van der Waals surface area contributed by atoms with E-state index >= 15 is 0 Å². The smallest absolute Gasteiger partial charge is 0.234 e. The first-order chi connectivity index (χ1) is 11.5. The summed E-state index contributed by atoms with van der Waals surface area (Å²) in [5.41, 5.74) is 1.18. The number of hydrogen-bond acceptors (Lipinski definition) is 2. The normalized spacial score (nSPS) is 23.1. The van der Waals surface area contributed by atoms with Crippen molar-refractivity contribution in [3.05, 3.63) is 48.0 Å². The van der Waals surface area contributed by atoms with E-state index in [-0.39, 0.29) is 11.9 Å². The number of hydrogen-bond donors (Lipinski definition) is 1. The Balaban J connectivity index is 1.65. The summed E-state index contributed by atoms with van der Waals surface area (Å²) in [5, 5.41) is 5.62. The van der Waals surface area contributed by atoms with Crippen LogP contribution in [0.5, 0.6) is 0 Å². The molecule has 24 heavy (non-hydrogen) atoms. The summed E-state index contributed by atoms with van der Waals surface area (Å²) in [6, 6.07) is 14.6. The van der Waals surface area contributed by atoms with Gasteiger partial charge in [-0.05, 0) is 41.5 Å². The summed E-state index contributed by atoms with van der Waals surface area (Å²) in [4.78, 5) is 14.8. The number of carbonyl (C=O) groups excluding carboxylic acids is 1. The highest BCUT2D eigenvalue weighted by Gasteiger charge is 2.23. The Bertz CT molecular complexity index is 697. The van der Waals surface area contributed by atoms with Gasteiger partial charge in [0, 0.05) is 13.1 Å². The van der Waals surface area contributed by atoms with Crippen LogP contribution in [-0.4, -0.2) is 30.4 Å². The van der Waals surface area contributed by atoms with Crippen molar-refractivity contribution in [1.82, 2.24) is 10.2 Å². The second-order valence-electron chi connectivity index (χ2n) is 7.50. The van der Waals surface area contributed by atoms with Gasteiger partial charge >= 0.3 is 0 Å². The van der Waals surface area contributed by atoms with Gasteiger partial charge in [0.25, 0.3) is 0 Å². The molecule has 0 radical (unpaired) electrons. The van der Waals surface area contributed by atoms with Crippen LogP contribution in [-0.2, 0) is 4.79 Å². The Morgan fingerprint density at radius 1 is 1.12 bits per heavy atom. The molecule has 0 unspecified atom stereocenters. The highest BCUT2D eigenvalue weighted by atomic mass is 16.2. The lowest BCUT2D eigenvalue weighted by Crippen LogP contribution is -2.44. The van der Waals surface area contributed by atoms with E-state index in [9.17, 15) is 4.79 Å². The molecule has 1 N–H and O–H groups in total. The molecule has 1 saturated heterocycles. The van der Waals surface area contributed by atoms with Gasteiger partial charge in [0.05, 0.1) is 12.6 Å². The van der Waals surface area contributed by atoms with Gasteiger partial charge in [-0.25, -0.2) is 0 Å². The topological polar surface area (TPSA) is 32.3 Å². The third-order valence-corrected chi connectivity index (χ3v) is 4.98. The molecule has 128 valence electrons. The van der Waals surface area contributed by atoms with Crippen LogP contribution in [0.15, 0.2) is 42.5 Å². The minimum atomic E-state index is 0.0169. The molecule has 1 aliphatic heterocycles. The third-order valence-electron chi connectivity index (χ3n) is 4.98. The maximum absolute atomic E-state index is 12.5. The lowest BCUT2D eigenvalue weighted by atomic mass is 9.92. The van der Waals surface area contributed by atoms with Crippen molar-refractivity contribution in [2.75, 3.05) is 19.6 Å². The number of piperidine rings is 1. The van der Waals surface area contributed by atoms with Gasteiger partial charge in [-0.2, -0.15) is 0 Å². The number of nitrogens with zero attached hydrogens (tertiary/aromatic N) is 1. The summed E-state index contributed by atoms with van der Waals surface area (Å²) in [6.07, 6.45) is 1.27. The molecular weight excluding hydrogens is 296 g/mol. The molecule has 1 heterocycles. The van der Waals surface area contributed by atoms with Gasteiger partial charge in [-0.1, -0.05) is 56.3 Å². The van der Waals surface area contributed by atoms with Crippen LogP contribution in [0.2, 0.25) is 0 Å². The van der Waals surface area contributed by atoms with Gasteiger partial charge in [-0.3, -0.25) is 9.69 Å². The lowest BCUT2D eigenvalue weighted by Gasteiger charge is -2.34. The zero-order chi connectivity index (χ0) is 17.1. The Morgan fingerprint density at radius 3 is 2.54 bits per heavy atom. The van der Waals surface area contributed by atoms with E-state index in [0.717, 1.165) is 13.1 Å². The van der Waals surface area contributed by atoms with Gasteiger partial charge in [0.1, 0.15) is 0 Å². The number of amides is 1. The maximum Gasteiger partial charge on any atom is 0.234 e. The van der Waals surface area contributed by atoms with E-state index < -0.39 is 0 Å². The van der Waals surface area contributed by atoms with E-state index in [2.05, 4.69) is 67.4 Å². The molecule has 3 nitrogen and oxygen atoms in total. The highest BCUT2D eigenvalue weighted by molar-refractivity contribution is 5.87. The average Bonchev–Trinajstić information content (AvgIpc) is 2.53. The number of carbonyl (C=O) groups is 1. The third kappa shape index (κ3) is 3.96. The molecule has 3 atom stereocenters. The molecule has 1 aliphatic rings. The number of likely N-dealkylation sites (tertiary alicyclic amines) is 1. The molecule has 0 spiro atoms. The summed E-state index contributed by atoms with van der Waals surface area (Å²) in [6.45, 7) is 9.18. The van der Waals surface area contributed by atoms with Crippen molar-refractivity contribution in [1.29, 1.82) is 0 Å². The molecule has 1 fully saturated rings. The quantitative estimate of drug-likeness (QED) is 0.922. The van der Waals surface area contributed by atoms with Crippen LogP contribution in [0, 0.1) is 11.8 Å². The molecule has 0 aromatic heterocycles. The monoisotopic (exact) mass is 324 g/mol. The highest BCUT2D eigenvalue weighted by Crippen LogP contribution is 2.24. The average molecular weight is 324 g/mol. The lowest BCUT2D eigenvalue weighted by molar-refractivity contribution is -0.123. The number of fused-ring (bicyclic) bond motifs is 1. The van der Waals surface area contributed by atoms with Crippen LogP contribution in [0.25, 0.3) is 10.8 Å². The SMILES string of the molecule is C[C@H]1C[C@H](C)CN(CC(=O)N[C@@H](C)c2cccc3ccccc23)C1. The number of rotatable bonds is 4. The van der Waals surface area contributed by atoms with Crippen molar-refractivity contribution in [3.63, 3.8) is 0 Å². The first-order valence-electron chi connectivity index (χ1n) is 9.02. The second kappa shape index (κ2) is 7.35. The fraction of sp³-hybridized carbons (Fsp3) is 0.476. The predicted octanol–water partition coefficient (Wildman–Crippen LogP) is 3.99. The van der Waals surface area contributed by atoms with Gasteiger partial charge < -0.3 is 5.32 Å². The number of benzene rings is 2. The zero-order valence-corrected chi connectivity index (χ0v) is 15.0. The Labute approximate surface area is 145 Å². The van der Waals surface area contributed by atoms with E-state index in [0.29, 0.717) is 18.4 Å². The largest absolute Gasteiger partial charge is 0.348 e. The van der Waals surface area contributed by atoms with Gasteiger partial charge in [-0.15, -0.1) is 0 Å². The molecule has 1 amide bonds. The molecule has 2 aromatic rings. The molecule has 0 bridgehead atoms. The summed E-state index contributed by atoms with van der Waals surface area (Å²) in [7, 11) is 0. The predicted molar refractivity (Wildman–Crippen MR) is 99.9 cm³/mol. The first kappa shape index (κ1) is 17.0. The summed E-state index contributed by atoms with van der Waals surface area (Å²) < 4.78 is 0. The summed E-state index contributed by atoms with van der Waals surface area (Å²) >= 11 is 0. The van der Waals surface area contributed by atoms with E-state index in [4.69, 9.17) is 0 Å². The molecule has 0 aliphatic carbocycles. The van der Waals surface area contributed by atoms with E-state index in [1.54, 1.807) is 0 Å².